The van der Waals surface area contributed by atoms with Crippen LogP contribution in [0.1, 0.15) is 42.3 Å². The molecule has 0 fully saturated rings. The molecule has 4 rings (SSSR count). The van der Waals surface area contributed by atoms with E-state index in [0.29, 0.717) is 24.2 Å². The normalized spacial score (nSPS) is 17.2. The minimum atomic E-state index is -1.60. The van der Waals surface area contributed by atoms with Gasteiger partial charge in [-0.1, -0.05) is 0 Å². The van der Waals surface area contributed by atoms with E-state index in [1.807, 2.05) is 0 Å². The zero-order valence-corrected chi connectivity index (χ0v) is 17.6. The molecule has 1 aliphatic heterocycles. The van der Waals surface area contributed by atoms with E-state index < -0.39 is 29.3 Å². The summed E-state index contributed by atoms with van der Waals surface area (Å²) < 4.78 is 45.1. The molecule has 0 amide bonds. The van der Waals surface area contributed by atoms with Gasteiger partial charge in [0.25, 0.3) is 0 Å². The van der Waals surface area contributed by atoms with Crippen LogP contribution in [-0.4, -0.2) is 44.8 Å². The SMILES string of the molecule is CC(C)(F)CN1CCc2c([nH]c3cc(O)ccc23)C1c1c(F)cc(/C=C/C(=O)O)cc1F. The number of nitrogens with zero attached hydrogens (tertiary/aromatic N) is 1. The molecule has 1 aromatic heterocycles. The predicted molar refractivity (Wildman–Crippen MR) is 115 cm³/mol. The summed E-state index contributed by atoms with van der Waals surface area (Å²) in [5.41, 5.74) is 0.277. The summed E-state index contributed by atoms with van der Waals surface area (Å²) in [6, 6.07) is 6.06. The minimum absolute atomic E-state index is 0.0444. The Hall–Kier alpha value is -3.26. The monoisotopic (exact) mass is 444 g/mol. The van der Waals surface area contributed by atoms with Crippen LogP contribution in [0.3, 0.4) is 0 Å². The van der Waals surface area contributed by atoms with Crippen molar-refractivity contribution >= 4 is 22.9 Å². The van der Waals surface area contributed by atoms with E-state index in [-0.39, 0.29) is 23.4 Å². The van der Waals surface area contributed by atoms with Gasteiger partial charge in [0.1, 0.15) is 23.1 Å². The van der Waals surface area contributed by atoms with Gasteiger partial charge in [0.2, 0.25) is 0 Å². The second kappa shape index (κ2) is 8.02. The van der Waals surface area contributed by atoms with Crippen molar-refractivity contribution in [3.63, 3.8) is 0 Å². The van der Waals surface area contributed by atoms with Crippen LogP contribution in [0.2, 0.25) is 0 Å². The lowest BCUT2D eigenvalue weighted by Crippen LogP contribution is -2.43. The molecule has 5 nitrogen and oxygen atoms in total. The summed E-state index contributed by atoms with van der Waals surface area (Å²) in [5, 5.41) is 19.5. The number of aromatic amines is 1. The van der Waals surface area contributed by atoms with Crippen LogP contribution in [0.5, 0.6) is 5.75 Å². The lowest BCUT2D eigenvalue weighted by Gasteiger charge is -2.38. The topological polar surface area (TPSA) is 76.6 Å². The molecule has 0 radical (unpaired) electrons. The second-order valence-electron chi connectivity index (χ2n) is 8.66. The third-order valence-electron chi connectivity index (χ3n) is 5.58. The van der Waals surface area contributed by atoms with Crippen molar-refractivity contribution < 1.29 is 28.2 Å². The smallest absolute Gasteiger partial charge is 0.328 e. The van der Waals surface area contributed by atoms with E-state index in [1.54, 1.807) is 23.1 Å². The first-order chi connectivity index (χ1) is 15.0. The lowest BCUT2D eigenvalue weighted by atomic mass is 9.90. The average molecular weight is 444 g/mol. The molecular weight excluding hydrogens is 421 g/mol. The Labute approximate surface area is 182 Å². The zero-order chi connectivity index (χ0) is 23.2. The second-order valence-corrected chi connectivity index (χ2v) is 8.66. The molecule has 1 unspecified atom stereocenters. The van der Waals surface area contributed by atoms with Gasteiger partial charge in [0.15, 0.2) is 0 Å². The largest absolute Gasteiger partial charge is 0.508 e. The Morgan fingerprint density at radius 3 is 2.56 bits per heavy atom. The molecule has 1 atom stereocenters. The molecule has 1 aliphatic rings. The number of aliphatic carboxylic acids is 1. The number of hydrogen-bond acceptors (Lipinski definition) is 3. The van der Waals surface area contributed by atoms with Crippen LogP contribution in [0.25, 0.3) is 17.0 Å². The molecule has 2 heterocycles. The van der Waals surface area contributed by atoms with Crippen LogP contribution in [-0.2, 0) is 11.2 Å². The molecule has 0 spiro atoms. The maximum Gasteiger partial charge on any atom is 0.328 e. The highest BCUT2D eigenvalue weighted by Crippen LogP contribution is 2.41. The highest BCUT2D eigenvalue weighted by Gasteiger charge is 2.37. The summed E-state index contributed by atoms with van der Waals surface area (Å²) in [6.07, 6.45) is 2.46. The Kier molecular flexibility index (Phi) is 5.50. The number of benzene rings is 2. The Balaban J connectivity index is 1.89. The Morgan fingerprint density at radius 1 is 1.25 bits per heavy atom. The molecule has 32 heavy (non-hydrogen) atoms. The van der Waals surface area contributed by atoms with E-state index in [2.05, 4.69) is 4.98 Å². The first kappa shape index (κ1) is 22.0. The van der Waals surface area contributed by atoms with Gasteiger partial charge in [-0.05, 0) is 61.7 Å². The highest BCUT2D eigenvalue weighted by atomic mass is 19.1. The van der Waals surface area contributed by atoms with Crippen molar-refractivity contribution in [2.75, 3.05) is 13.1 Å². The number of carboxylic acids is 1. The first-order valence-corrected chi connectivity index (χ1v) is 10.2. The van der Waals surface area contributed by atoms with Crippen LogP contribution in [0.4, 0.5) is 13.2 Å². The molecule has 168 valence electrons. The maximum absolute atomic E-state index is 15.2. The van der Waals surface area contributed by atoms with Crippen molar-refractivity contribution in [3.05, 3.63) is 70.4 Å². The molecule has 0 aliphatic carbocycles. The van der Waals surface area contributed by atoms with Gasteiger partial charge < -0.3 is 15.2 Å². The quantitative estimate of drug-likeness (QED) is 0.487. The molecule has 8 heteroatoms. The number of aromatic hydroxyl groups is 1. The molecule has 3 N–H and O–H groups in total. The number of phenolic OH excluding ortho intramolecular Hbond substituents is 1. The Bertz CT molecular complexity index is 1200. The van der Waals surface area contributed by atoms with Crippen LogP contribution < -0.4 is 0 Å². The molecular formula is C24H23F3N2O3. The third kappa shape index (κ3) is 4.23. The fourth-order valence-electron chi connectivity index (χ4n) is 4.44. The summed E-state index contributed by atoms with van der Waals surface area (Å²) in [4.78, 5) is 15.6. The molecule has 0 saturated heterocycles. The van der Waals surface area contributed by atoms with Crippen LogP contribution >= 0.6 is 0 Å². The summed E-state index contributed by atoms with van der Waals surface area (Å²) in [5.74, 6) is -2.88. The number of alkyl halides is 1. The number of carbonyl (C=O) groups is 1. The van der Waals surface area contributed by atoms with Crippen LogP contribution in [0, 0.1) is 11.6 Å². The molecule has 0 bridgehead atoms. The van der Waals surface area contributed by atoms with Gasteiger partial charge in [-0.15, -0.1) is 0 Å². The van der Waals surface area contributed by atoms with Crippen molar-refractivity contribution in [1.82, 2.24) is 9.88 Å². The molecule has 3 aromatic rings. The number of carboxylic acid groups (broad SMARTS) is 1. The lowest BCUT2D eigenvalue weighted by molar-refractivity contribution is -0.131. The van der Waals surface area contributed by atoms with E-state index in [4.69, 9.17) is 5.11 Å². The van der Waals surface area contributed by atoms with Crippen molar-refractivity contribution in [2.24, 2.45) is 0 Å². The first-order valence-electron chi connectivity index (χ1n) is 10.2. The number of hydrogen-bond donors (Lipinski definition) is 3. The number of rotatable bonds is 5. The number of fused-ring (bicyclic) bond motifs is 3. The number of H-pyrrole nitrogens is 1. The van der Waals surface area contributed by atoms with E-state index >= 15 is 8.78 Å². The van der Waals surface area contributed by atoms with Crippen LogP contribution in [0.15, 0.2) is 36.4 Å². The van der Waals surface area contributed by atoms with Crippen molar-refractivity contribution in [1.29, 1.82) is 0 Å². The summed E-state index contributed by atoms with van der Waals surface area (Å²) in [6.45, 7) is 3.17. The number of halogens is 3. The number of phenols is 1. The number of aromatic nitrogens is 1. The van der Waals surface area contributed by atoms with Gasteiger partial charge in [-0.25, -0.2) is 18.0 Å². The van der Waals surface area contributed by atoms with Gasteiger partial charge in [-0.2, -0.15) is 0 Å². The van der Waals surface area contributed by atoms with Crippen molar-refractivity contribution in [3.8, 4) is 5.75 Å². The minimum Gasteiger partial charge on any atom is -0.508 e. The van der Waals surface area contributed by atoms with Gasteiger partial charge >= 0.3 is 5.97 Å². The maximum atomic E-state index is 15.2. The third-order valence-corrected chi connectivity index (χ3v) is 5.58. The fraction of sp³-hybridized carbons (Fsp3) is 0.292. The van der Waals surface area contributed by atoms with Crippen molar-refractivity contribution in [2.45, 2.75) is 32.0 Å². The fourth-order valence-corrected chi connectivity index (χ4v) is 4.44. The molecule has 2 aromatic carbocycles. The standard InChI is InChI=1S/C24H23F3N2O3/c1-24(2,27)12-29-8-7-16-15-5-4-14(30)11-19(15)28-22(16)23(29)21-17(25)9-13(10-18(21)26)3-6-20(31)32/h3-6,9-11,23,28,30H,7-8,12H2,1-2H3,(H,31,32)/b6-3+. The number of nitrogens with one attached hydrogen (secondary N) is 1. The Morgan fingerprint density at radius 2 is 1.94 bits per heavy atom. The highest BCUT2D eigenvalue weighted by molar-refractivity contribution is 5.87. The van der Waals surface area contributed by atoms with Gasteiger partial charge in [0.05, 0.1) is 6.04 Å². The zero-order valence-electron chi connectivity index (χ0n) is 17.6. The summed E-state index contributed by atoms with van der Waals surface area (Å²) in [7, 11) is 0. The van der Waals surface area contributed by atoms with Gasteiger partial charge in [0, 0.05) is 47.4 Å². The molecule has 0 saturated carbocycles. The van der Waals surface area contributed by atoms with E-state index in [1.165, 1.54) is 13.8 Å². The predicted octanol–water partition coefficient (Wildman–Crippen LogP) is 4.95. The van der Waals surface area contributed by atoms with E-state index in [0.717, 1.165) is 35.2 Å². The van der Waals surface area contributed by atoms with Gasteiger partial charge in [-0.3, -0.25) is 4.90 Å². The summed E-state index contributed by atoms with van der Waals surface area (Å²) >= 11 is 0. The van der Waals surface area contributed by atoms with E-state index in [9.17, 15) is 14.3 Å². The average Bonchev–Trinajstić information content (AvgIpc) is 3.03.